The van der Waals surface area contributed by atoms with E-state index in [0.717, 1.165) is 16.8 Å². The lowest BCUT2D eigenvalue weighted by atomic mass is 10.1. The summed E-state index contributed by atoms with van der Waals surface area (Å²) >= 11 is 2.96. The summed E-state index contributed by atoms with van der Waals surface area (Å²) in [4.78, 5) is 19.0. The quantitative estimate of drug-likeness (QED) is 0.632. The molecule has 1 aromatic carbocycles. The molecule has 0 saturated heterocycles. The van der Waals surface area contributed by atoms with Crippen LogP contribution in [0.4, 0.5) is 5.69 Å². The summed E-state index contributed by atoms with van der Waals surface area (Å²) < 4.78 is 6.25. The molecule has 1 amide bonds. The summed E-state index contributed by atoms with van der Waals surface area (Å²) in [6.45, 7) is 1.84. The number of fused-ring (bicyclic) bond motifs is 3. The monoisotopic (exact) mass is 384 g/mol. The molecular formula is C18H16N4O2S2. The lowest BCUT2D eigenvalue weighted by molar-refractivity contribution is -0.120. The van der Waals surface area contributed by atoms with Gasteiger partial charge in [-0.1, -0.05) is 36.9 Å². The summed E-state index contributed by atoms with van der Waals surface area (Å²) in [7, 11) is 0. The van der Waals surface area contributed by atoms with E-state index in [9.17, 15) is 4.79 Å². The van der Waals surface area contributed by atoms with E-state index in [1.54, 1.807) is 16.2 Å². The molecule has 3 heterocycles. The first-order valence-corrected chi connectivity index (χ1v) is 10.3. The van der Waals surface area contributed by atoms with Gasteiger partial charge in [-0.15, -0.1) is 10.2 Å². The SMILES string of the molecule is CCC(=O)N1c2ccccc2-c2nnc(SC)nc2O[C@H]1c1ccsc1. The summed E-state index contributed by atoms with van der Waals surface area (Å²) in [6.07, 6.45) is 1.66. The van der Waals surface area contributed by atoms with E-state index >= 15 is 0 Å². The Hall–Kier alpha value is -2.45. The smallest absolute Gasteiger partial charge is 0.247 e. The Bertz CT molecular complexity index is 946. The van der Waals surface area contributed by atoms with Gasteiger partial charge >= 0.3 is 0 Å². The molecule has 1 atom stereocenters. The number of hydrogen-bond donors (Lipinski definition) is 0. The van der Waals surface area contributed by atoms with Gasteiger partial charge in [0.05, 0.1) is 5.69 Å². The first-order valence-electron chi connectivity index (χ1n) is 8.11. The number of carbonyl (C=O) groups excluding carboxylic acids is 1. The van der Waals surface area contributed by atoms with Crippen molar-refractivity contribution in [1.29, 1.82) is 0 Å². The molecule has 0 spiro atoms. The second-order valence-electron chi connectivity index (χ2n) is 5.61. The Morgan fingerprint density at radius 2 is 2.15 bits per heavy atom. The minimum Gasteiger partial charge on any atom is -0.447 e. The summed E-state index contributed by atoms with van der Waals surface area (Å²) in [5.74, 6) is 0.360. The minimum absolute atomic E-state index is 0.0282. The maximum Gasteiger partial charge on any atom is 0.247 e. The summed E-state index contributed by atoms with van der Waals surface area (Å²) in [5, 5.41) is 13.0. The highest BCUT2D eigenvalue weighted by molar-refractivity contribution is 7.98. The highest BCUT2D eigenvalue weighted by Crippen LogP contribution is 2.43. The third-order valence-corrected chi connectivity index (χ3v) is 5.33. The van der Waals surface area contributed by atoms with E-state index in [4.69, 9.17) is 4.74 Å². The number of thiophene rings is 1. The van der Waals surface area contributed by atoms with E-state index in [1.165, 1.54) is 11.8 Å². The van der Waals surface area contributed by atoms with Gasteiger partial charge in [-0.3, -0.25) is 9.69 Å². The molecule has 0 aliphatic carbocycles. The molecule has 132 valence electrons. The van der Waals surface area contributed by atoms with Crippen molar-refractivity contribution in [2.45, 2.75) is 24.7 Å². The molecule has 0 saturated carbocycles. The van der Waals surface area contributed by atoms with Crippen LogP contribution >= 0.6 is 23.1 Å². The average Bonchev–Trinajstić information content (AvgIpc) is 3.17. The number of nitrogens with zero attached hydrogens (tertiary/aromatic N) is 4. The number of thioether (sulfide) groups is 1. The fourth-order valence-electron chi connectivity index (χ4n) is 2.87. The predicted molar refractivity (Wildman–Crippen MR) is 103 cm³/mol. The zero-order valence-corrected chi connectivity index (χ0v) is 15.9. The molecule has 0 fully saturated rings. The van der Waals surface area contributed by atoms with Gasteiger partial charge < -0.3 is 4.74 Å². The standard InChI is InChI=1S/C18H16N4O2S2/c1-3-14(23)22-13-7-5-4-6-12(13)15-16(19-18(25-2)21-20-15)24-17(22)11-8-9-26-10-11/h4-10,17H,3H2,1-2H3/t17-/m0/s1. The van der Waals surface area contributed by atoms with Crippen molar-refractivity contribution in [3.63, 3.8) is 0 Å². The van der Waals surface area contributed by atoms with Crippen LogP contribution < -0.4 is 9.64 Å². The van der Waals surface area contributed by atoms with E-state index in [-0.39, 0.29) is 5.91 Å². The highest BCUT2D eigenvalue weighted by atomic mass is 32.2. The van der Waals surface area contributed by atoms with Crippen molar-refractivity contribution >= 4 is 34.7 Å². The Morgan fingerprint density at radius 3 is 2.88 bits per heavy atom. The van der Waals surface area contributed by atoms with Crippen LogP contribution in [0.1, 0.15) is 25.1 Å². The molecule has 0 unspecified atom stereocenters. The van der Waals surface area contributed by atoms with Gasteiger partial charge in [-0.25, -0.2) is 0 Å². The van der Waals surface area contributed by atoms with Gasteiger partial charge in [0, 0.05) is 17.5 Å². The van der Waals surface area contributed by atoms with Crippen LogP contribution in [0.3, 0.4) is 0 Å². The fraction of sp³-hybridized carbons (Fsp3) is 0.222. The van der Waals surface area contributed by atoms with Gasteiger partial charge in [0.1, 0.15) is 0 Å². The van der Waals surface area contributed by atoms with Gasteiger partial charge in [-0.05, 0) is 29.1 Å². The lowest BCUT2D eigenvalue weighted by Crippen LogP contribution is -2.37. The zero-order chi connectivity index (χ0) is 18.1. The maximum absolute atomic E-state index is 12.9. The average molecular weight is 384 g/mol. The number of anilines is 1. The molecule has 8 heteroatoms. The van der Waals surface area contributed by atoms with Crippen LogP contribution in [0.5, 0.6) is 5.88 Å². The first-order chi connectivity index (χ1) is 12.7. The Kier molecular flexibility index (Phi) is 4.60. The second-order valence-corrected chi connectivity index (χ2v) is 7.17. The van der Waals surface area contributed by atoms with Crippen molar-refractivity contribution in [2.24, 2.45) is 0 Å². The molecule has 0 bridgehead atoms. The van der Waals surface area contributed by atoms with E-state index in [0.29, 0.717) is 23.2 Å². The summed E-state index contributed by atoms with van der Waals surface area (Å²) in [6, 6.07) is 9.60. The molecular weight excluding hydrogens is 368 g/mol. The Morgan fingerprint density at radius 1 is 1.31 bits per heavy atom. The molecule has 1 aliphatic rings. The molecule has 0 N–H and O–H groups in total. The third-order valence-electron chi connectivity index (χ3n) is 4.09. The molecule has 2 aromatic heterocycles. The largest absolute Gasteiger partial charge is 0.447 e. The number of aromatic nitrogens is 3. The van der Waals surface area contributed by atoms with E-state index in [2.05, 4.69) is 15.2 Å². The molecule has 26 heavy (non-hydrogen) atoms. The van der Waals surface area contributed by atoms with Crippen molar-refractivity contribution in [2.75, 3.05) is 11.2 Å². The third kappa shape index (κ3) is 2.85. The normalized spacial score (nSPS) is 15.6. The fourth-order valence-corrected chi connectivity index (χ4v) is 3.84. The Labute approximate surface area is 159 Å². The number of hydrogen-bond acceptors (Lipinski definition) is 7. The van der Waals surface area contributed by atoms with Gasteiger partial charge in [0.15, 0.2) is 5.69 Å². The van der Waals surface area contributed by atoms with Gasteiger partial charge in [0.2, 0.25) is 23.2 Å². The molecule has 6 nitrogen and oxygen atoms in total. The zero-order valence-electron chi connectivity index (χ0n) is 14.2. The molecule has 0 radical (unpaired) electrons. The first kappa shape index (κ1) is 17.0. The number of rotatable bonds is 3. The number of ether oxygens (including phenoxy) is 1. The van der Waals surface area contributed by atoms with E-state index in [1.807, 2.05) is 54.3 Å². The second kappa shape index (κ2) is 7.05. The molecule has 4 rings (SSSR count). The van der Waals surface area contributed by atoms with Crippen molar-refractivity contribution in [1.82, 2.24) is 15.2 Å². The number of para-hydroxylation sites is 1. The lowest BCUT2D eigenvalue weighted by Gasteiger charge is -2.30. The Balaban J connectivity index is 1.97. The van der Waals surface area contributed by atoms with Gasteiger partial charge in [-0.2, -0.15) is 16.3 Å². The van der Waals surface area contributed by atoms with Gasteiger partial charge in [0.25, 0.3) is 0 Å². The maximum atomic E-state index is 12.9. The molecule has 3 aromatic rings. The van der Waals surface area contributed by atoms with Crippen LogP contribution in [0.2, 0.25) is 0 Å². The predicted octanol–water partition coefficient (Wildman–Crippen LogP) is 4.16. The van der Waals surface area contributed by atoms with E-state index < -0.39 is 6.23 Å². The van der Waals surface area contributed by atoms with Crippen LogP contribution in [0.15, 0.2) is 46.2 Å². The minimum atomic E-state index is -0.595. The van der Waals surface area contributed by atoms with Crippen molar-refractivity contribution in [3.8, 4) is 17.1 Å². The molecule has 1 aliphatic heterocycles. The highest BCUT2D eigenvalue weighted by Gasteiger charge is 2.35. The summed E-state index contributed by atoms with van der Waals surface area (Å²) in [5.41, 5.74) is 2.99. The number of carbonyl (C=O) groups is 1. The van der Waals surface area contributed by atoms with Crippen LogP contribution in [-0.2, 0) is 4.79 Å². The van der Waals surface area contributed by atoms with Crippen molar-refractivity contribution < 1.29 is 9.53 Å². The number of benzene rings is 1. The van der Waals surface area contributed by atoms with Crippen LogP contribution in [-0.4, -0.2) is 27.3 Å². The number of amides is 1. The topological polar surface area (TPSA) is 68.2 Å². The van der Waals surface area contributed by atoms with Crippen LogP contribution in [0.25, 0.3) is 11.3 Å². The van der Waals surface area contributed by atoms with Crippen LogP contribution in [0, 0.1) is 0 Å². The van der Waals surface area contributed by atoms with Crippen molar-refractivity contribution in [3.05, 3.63) is 46.7 Å².